The molecule has 0 bridgehead atoms. The third kappa shape index (κ3) is 2.64. The van der Waals surface area contributed by atoms with Gasteiger partial charge in [-0.2, -0.15) is 0 Å². The van der Waals surface area contributed by atoms with Crippen LogP contribution in [0.4, 0.5) is 0 Å². The molecule has 0 aromatic rings. The van der Waals surface area contributed by atoms with Gasteiger partial charge in [0.25, 0.3) is 5.91 Å². The molecule has 0 radical (unpaired) electrons. The molecule has 2 N–H and O–H groups in total. The van der Waals surface area contributed by atoms with Crippen molar-refractivity contribution in [2.24, 2.45) is 5.41 Å². The third-order valence-corrected chi connectivity index (χ3v) is 3.90. The Balaban J connectivity index is 1.89. The zero-order valence-electron chi connectivity index (χ0n) is 10.6. The van der Waals surface area contributed by atoms with Crippen LogP contribution in [0, 0.1) is 5.41 Å². The second-order valence-corrected chi connectivity index (χ2v) is 5.25. The minimum absolute atomic E-state index is 0.0189. The van der Waals surface area contributed by atoms with E-state index < -0.39 is 17.5 Å². The fourth-order valence-electron chi connectivity index (χ4n) is 2.36. The number of hydrogen-bond donors (Lipinski definition) is 2. The van der Waals surface area contributed by atoms with Crippen LogP contribution in [0.5, 0.6) is 0 Å². The van der Waals surface area contributed by atoms with Crippen molar-refractivity contribution in [3.63, 3.8) is 0 Å². The number of carbonyl (C=O) groups is 2. The molecule has 102 valence electrons. The summed E-state index contributed by atoms with van der Waals surface area (Å²) in [4.78, 5) is 25.0. The first kappa shape index (κ1) is 13.3. The largest absolute Gasteiger partial charge is 0.481 e. The van der Waals surface area contributed by atoms with Crippen molar-refractivity contribution in [2.45, 2.75) is 25.9 Å². The average Bonchev–Trinajstić information content (AvgIpc) is 2.40. The van der Waals surface area contributed by atoms with E-state index in [9.17, 15) is 9.59 Å². The predicted molar refractivity (Wildman–Crippen MR) is 64.2 cm³/mol. The normalized spacial score (nSPS) is 27.8. The van der Waals surface area contributed by atoms with Gasteiger partial charge >= 0.3 is 5.97 Å². The van der Waals surface area contributed by atoms with Crippen LogP contribution in [-0.2, 0) is 14.3 Å². The highest BCUT2D eigenvalue weighted by Crippen LogP contribution is 2.31. The second-order valence-electron chi connectivity index (χ2n) is 5.25. The number of nitrogens with zero attached hydrogens (tertiary/aromatic N) is 1. The maximum atomic E-state index is 12.1. The van der Waals surface area contributed by atoms with Gasteiger partial charge in [0.05, 0.1) is 12.0 Å². The van der Waals surface area contributed by atoms with Gasteiger partial charge in [0, 0.05) is 26.2 Å². The number of amides is 1. The van der Waals surface area contributed by atoms with E-state index in [0.717, 1.165) is 6.54 Å². The Kier molecular flexibility index (Phi) is 3.87. The Bertz CT molecular complexity index is 331. The first-order valence-corrected chi connectivity index (χ1v) is 6.37. The number of aliphatic carboxylic acids is 1. The summed E-state index contributed by atoms with van der Waals surface area (Å²) >= 11 is 0. The van der Waals surface area contributed by atoms with Gasteiger partial charge in [0.15, 0.2) is 0 Å². The number of rotatable bonds is 2. The van der Waals surface area contributed by atoms with Gasteiger partial charge in [0.1, 0.15) is 6.10 Å². The lowest BCUT2D eigenvalue weighted by Crippen LogP contribution is -2.53. The summed E-state index contributed by atoms with van der Waals surface area (Å²) in [7, 11) is 0. The monoisotopic (exact) mass is 256 g/mol. The van der Waals surface area contributed by atoms with Gasteiger partial charge in [-0.3, -0.25) is 9.59 Å². The Morgan fingerprint density at radius 1 is 1.39 bits per heavy atom. The molecule has 1 amide bonds. The lowest BCUT2D eigenvalue weighted by Gasteiger charge is -2.38. The lowest BCUT2D eigenvalue weighted by atomic mass is 9.80. The first-order valence-electron chi connectivity index (χ1n) is 6.37. The molecule has 0 aromatic heterocycles. The number of carbonyl (C=O) groups excluding carboxylic acids is 1. The van der Waals surface area contributed by atoms with Crippen LogP contribution in [0.25, 0.3) is 0 Å². The molecule has 2 aliphatic heterocycles. The summed E-state index contributed by atoms with van der Waals surface area (Å²) in [6.07, 6.45) is 0.607. The van der Waals surface area contributed by atoms with Gasteiger partial charge in [-0.15, -0.1) is 0 Å². The number of ether oxygens (including phenoxy) is 1. The van der Waals surface area contributed by atoms with Crippen molar-refractivity contribution >= 4 is 11.9 Å². The number of likely N-dealkylation sites (tertiary alicyclic amines) is 1. The molecular formula is C12H20N2O4. The van der Waals surface area contributed by atoms with E-state index in [0.29, 0.717) is 39.1 Å². The second kappa shape index (κ2) is 5.24. The fraction of sp³-hybridized carbons (Fsp3) is 0.833. The lowest BCUT2D eigenvalue weighted by molar-refractivity contribution is -0.156. The van der Waals surface area contributed by atoms with Crippen molar-refractivity contribution in [1.82, 2.24) is 10.2 Å². The Morgan fingerprint density at radius 2 is 2.06 bits per heavy atom. The van der Waals surface area contributed by atoms with Crippen LogP contribution >= 0.6 is 0 Å². The zero-order valence-corrected chi connectivity index (χ0v) is 10.6. The summed E-state index contributed by atoms with van der Waals surface area (Å²) in [5.41, 5.74) is -0.692. The molecule has 18 heavy (non-hydrogen) atoms. The van der Waals surface area contributed by atoms with Crippen LogP contribution in [0.15, 0.2) is 0 Å². The first-order chi connectivity index (χ1) is 8.53. The molecule has 2 fully saturated rings. The molecule has 0 aliphatic carbocycles. The summed E-state index contributed by atoms with van der Waals surface area (Å²) in [5, 5.41) is 12.3. The van der Waals surface area contributed by atoms with E-state index in [1.807, 2.05) is 0 Å². The van der Waals surface area contributed by atoms with E-state index in [2.05, 4.69) is 5.32 Å². The Labute approximate surface area is 106 Å². The molecule has 2 heterocycles. The summed E-state index contributed by atoms with van der Waals surface area (Å²) < 4.78 is 5.42. The number of carboxylic acids is 1. The van der Waals surface area contributed by atoms with E-state index in [1.54, 1.807) is 11.8 Å². The topological polar surface area (TPSA) is 78.9 Å². The Hall–Kier alpha value is -1.14. The molecule has 1 unspecified atom stereocenters. The smallest absolute Gasteiger partial charge is 0.309 e. The van der Waals surface area contributed by atoms with Crippen LogP contribution < -0.4 is 5.32 Å². The zero-order chi connectivity index (χ0) is 13.2. The fourth-order valence-corrected chi connectivity index (χ4v) is 2.36. The van der Waals surface area contributed by atoms with Gasteiger partial charge in [-0.05, 0) is 19.8 Å². The predicted octanol–water partition coefficient (Wildman–Crippen LogP) is -0.312. The SMILES string of the molecule is CC1(C(=O)O)CCN(C(=O)C2CNCCO2)CC1. The minimum atomic E-state index is -0.773. The van der Waals surface area contributed by atoms with Gasteiger partial charge < -0.3 is 20.1 Å². The molecule has 2 saturated heterocycles. The van der Waals surface area contributed by atoms with Crippen molar-refractivity contribution in [3.05, 3.63) is 0 Å². The highest BCUT2D eigenvalue weighted by Gasteiger charge is 2.39. The van der Waals surface area contributed by atoms with Crippen molar-refractivity contribution in [2.75, 3.05) is 32.8 Å². The van der Waals surface area contributed by atoms with Crippen molar-refractivity contribution in [3.8, 4) is 0 Å². The van der Waals surface area contributed by atoms with Crippen LogP contribution in [-0.4, -0.2) is 60.8 Å². The molecule has 0 saturated carbocycles. The highest BCUT2D eigenvalue weighted by atomic mass is 16.5. The standard InChI is InChI=1S/C12H20N2O4/c1-12(11(16)17)2-5-14(6-3-12)10(15)9-8-13-4-7-18-9/h9,13H,2-8H2,1H3,(H,16,17). The maximum Gasteiger partial charge on any atom is 0.309 e. The molecule has 0 spiro atoms. The minimum Gasteiger partial charge on any atom is -0.481 e. The molecule has 1 atom stereocenters. The third-order valence-electron chi connectivity index (χ3n) is 3.90. The molecule has 0 aromatic carbocycles. The van der Waals surface area contributed by atoms with E-state index in [-0.39, 0.29) is 5.91 Å². The molecular weight excluding hydrogens is 236 g/mol. The average molecular weight is 256 g/mol. The summed E-state index contributed by atoms with van der Waals surface area (Å²) in [6.45, 7) is 4.63. The summed E-state index contributed by atoms with van der Waals surface area (Å²) in [6, 6.07) is 0. The van der Waals surface area contributed by atoms with E-state index in [4.69, 9.17) is 9.84 Å². The number of nitrogens with one attached hydrogen (secondary N) is 1. The van der Waals surface area contributed by atoms with Crippen molar-refractivity contribution < 1.29 is 19.4 Å². The quantitative estimate of drug-likeness (QED) is 0.708. The maximum absolute atomic E-state index is 12.1. The number of piperidine rings is 1. The van der Waals surface area contributed by atoms with E-state index in [1.165, 1.54) is 0 Å². The van der Waals surface area contributed by atoms with Gasteiger partial charge in [0.2, 0.25) is 0 Å². The van der Waals surface area contributed by atoms with Crippen LogP contribution in [0.1, 0.15) is 19.8 Å². The molecule has 2 aliphatic rings. The van der Waals surface area contributed by atoms with E-state index >= 15 is 0 Å². The molecule has 6 nitrogen and oxygen atoms in total. The molecule has 2 rings (SSSR count). The van der Waals surface area contributed by atoms with Gasteiger partial charge in [-0.25, -0.2) is 0 Å². The Morgan fingerprint density at radius 3 is 2.56 bits per heavy atom. The summed E-state index contributed by atoms with van der Waals surface area (Å²) in [5.74, 6) is -0.792. The number of carboxylic acid groups (broad SMARTS) is 1. The van der Waals surface area contributed by atoms with Crippen LogP contribution in [0.2, 0.25) is 0 Å². The van der Waals surface area contributed by atoms with Crippen molar-refractivity contribution in [1.29, 1.82) is 0 Å². The highest BCUT2D eigenvalue weighted by molar-refractivity contribution is 5.82. The van der Waals surface area contributed by atoms with Crippen LogP contribution in [0.3, 0.4) is 0 Å². The van der Waals surface area contributed by atoms with Gasteiger partial charge in [-0.1, -0.05) is 0 Å². The number of hydrogen-bond acceptors (Lipinski definition) is 4. The number of morpholine rings is 1. The molecule has 6 heteroatoms.